The van der Waals surface area contributed by atoms with Crippen molar-refractivity contribution in [1.82, 2.24) is 5.32 Å². The van der Waals surface area contributed by atoms with Crippen molar-refractivity contribution < 1.29 is 18.7 Å². The van der Waals surface area contributed by atoms with Crippen LogP contribution in [-0.2, 0) is 20.7 Å². The summed E-state index contributed by atoms with van der Waals surface area (Å²) in [6.45, 7) is 0.381. The fourth-order valence-corrected chi connectivity index (χ4v) is 2.29. The van der Waals surface area contributed by atoms with Gasteiger partial charge in [-0.1, -0.05) is 12.1 Å². The van der Waals surface area contributed by atoms with Crippen LogP contribution in [0.15, 0.2) is 24.3 Å². The predicted octanol–water partition coefficient (Wildman–Crippen LogP) is 0.907. The van der Waals surface area contributed by atoms with Gasteiger partial charge in [-0.25, -0.2) is 4.39 Å². The molecule has 1 aromatic rings. The highest BCUT2D eigenvalue weighted by molar-refractivity contribution is 5.79. The summed E-state index contributed by atoms with van der Waals surface area (Å²) in [5.74, 6) is -0.837. The van der Waals surface area contributed by atoms with Gasteiger partial charge >= 0.3 is 0 Å². The van der Waals surface area contributed by atoms with Gasteiger partial charge in [0.1, 0.15) is 11.9 Å². The largest absolute Gasteiger partial charge is 0.367 e. The molecule has 0 aromatic heterocycles. The summed E-state index contributed by atoms with van der Waals surface area (Å²) in [6.07, 6.45) is 1.51. The number of aryl methyl sites for hydroxylation is 1. The van der Waals surface area contributed by atoms with Crippen molar-refractivity contribution in [2.24, 2.45) is 5.73 Å². The van der Waals surface area contributed by atoms with Crippen molar-refractivity contribution in [2.75, 3.05) is 6.54 Å². The SMILES string of the molecule is NC(=O)[C@@H]1CC[C@H](CNC(=O)CCc2ccc(F)cc2)O1. The third-order valence-corrected chi connectivity index (χ3v) is 3.51. The molecule has 2 rings (SSSR count). The molecule has 114 valence electrons. The van der Waals surface area contributed by atoms with Crippen LogP contribution in [0, 0.1) is 5.82 Å². The van der Waals surface area contributed by atoms with Gasteiger partial charge in [0.2, 0.25) is 11.8 Å². The first-order chi connectivity index (χ1) is 10.0. The average molecular weight is 294 g/mol. The van der Waals surface area contributed by atoms with Gasteiger partial charge in [-0.05, 0) is 37.0 Å². The summed E-state index contributed by atoms with van der Waals surface area (Å²) in [6, 6.07) is 6.09. The number of benzene rings is 1. The molecule has 0 aliphatic carbocycles. The first-order valence-electron chi connectivity index (χ1n) is 7.00. The Morgan fingerprint density at radius 3 is 2.62 bits per heavy atom. The fraction of sp³-hybridized carbons (Fsp3) is 0.467. The second kappa shape index (κ2) is 7.17. The van der Waals surface area contributed by atoms with E-state index in [1.165, 1.54) is 12.1 Å². The maximum absolute atomic E-state index is 12.7. The van der Waals surface area contributed by atoms with Crippen molar-refractivity contribution in [3.8, 4) is 0 Å². The van der Waals surface area contributed by atoms with Gasteiger partial charge in [0, 0.05) is 13.0 Å². The lowest BCUT2D eigenvalue weighted by Crippen LogP contribution is -2.34. The molecule has 5 nitrogen and oxygen atoms in total. The highest BCUT2D eigenvalue weighted by Gasteiger charge is 2.29. The van der Waals surface area contributed by atoms with Crippen LogP contribution in [0.3, 0.4) is 0 Å². The molecule has 0 unspecified atom stereocenters. The fourth-order valence-electron chi connectivity index (χ4n) is 2.29. The zero-order chi connectivity index (χ0) is 15.2. The molecular formula is C15H19FN2O3. The van der Waals surface area contributed by atoms with Gasteiger partial charge in [0.25, 0.3) is 0 Å². The van der Waals surface area contributed by atoms with Crippen LogP contribution in [0.4, 0.5) is 4.39 Å². The maximum Gasteiger partial charge on any atom is 0.246 e. The van der Waals surface area contributed by atoms with Gasteiger partial charge in [0.15, 0.2) is 0 Å². The Bertz CT molecular complexity index is 504. The van der Waals surface area contributed by atoms with E-state index in [2.05, 4.69) is 5.32 Å². The second-order valence-electron chi connectivity index (χ2n) is 5.16. The number of hydrogen-bond acceptors (Lipinski definition) is 3. The van der Waals surface area contributed by atoms with E-state index in [9.17, 15) is 14.0 Å². The van der Waals surface area contributed by atoms with Gasteiger partial charge in [0.05, 0.1) is 6.10 Å². The lowest BCUT2D eigenvalue weighted by atomic mass is 10.1. The van der Waals surface area contributed by atoms with Crippen molar-refractivity contribution in [1.29, 1.82) is 0 Å². The molecule has 21 heavy (non-hydrogen) atoms. The smallest absolute Gasteiger partial charge is 0.246 e. The number of halogens is 1. The molecule has 0 radical (unpaired) electrons. The number of primary amides is 1. The molecule has 1 saturated heterocycles. The van der Waals surface area contributed by atoms with Crippen LogP contribution in [0.2, 0.25) is 0 Å². The van der Waals surface area contributed by atoms with E-state index in [-0.39, 0.29) is 17.8 Å². The minimum absolute atomic E-state index is 0.0922. The molecule has 1 fully saturated rings. The summed E-state index contributed by atoms with van der Waals surface area (Å²) in [5, 5.41) is 2.78. The Balaban J connectivity index is 1.66. The number of rotatable bonds is 6. The van der Waals surface area contributed by atoms with E-state index < -0.39 is 12.0 Å². The van der Waals surface area contributed by atoms with E-state index in [0.29, 0.717) is 32.2 Å². The number of carbonyl (C=O) groups is 2. The lowest BCUT2D eigenvalue weighted by Gasteiger charge is -2.12. The zero-order valence-electron chi connectivity index (χ0n) is 11.7. The Hall–Kier alpha value is -1.95. The molecule has 3 N–H and O–H groups in total. The van der Waals surface area contributed by atoms with Crippen molar-refractivity contribution in [2.45, 2.75) is 37.9 Å². The number of nitrogens with two attached hydrogens (primary N) is 1. The zero-order valence-corrected chi connectivity index (χ0v) is 11.7. The van der Waals surface area contributed by atoms with Crippen LogP contribution < -0.4 is 11.1 Å². The standard InChI is InChI=1S/C15H19FN2O3/c16-11-4-1-10(2-5-11)3-8-14(19)18-9-12-6-7-13(21-12)15(17)20/h1-2,4-5,12-13H,3,6-9H2,(H2,17,20)(H,18,19)/t12-,13+/m1/s1. The molecule has 6 heteroatoms. The summed E-state index contributed by atoms with van der Waals surface area (Å²) >= 11 is 0. The first kappa shape index (κ1) is 15.4. The van der Waals surface area contributed by atoms with Crippen LogP contribution in [0.5, 0.6) is 0 Å². The molecule has 0 spiro atoms. The van der Waals surface area contributed by atoms with E-state index >= 15 is 0 Å². The van der Waals surface area contributed by atoms with Crippen LogP contribution in [0.25, 0.3) is 0 Å². The van der Waals surface area contributed by atoms with Gasteiger partial charge < -0.3 is 15.8 Å². The molecule has 0 bridgehead atoms. The Morgan fingerprint density at radius 2 is 2.00 bits per heavy atom. The van der Waals surface area contributed by atoms with E-state index in [1.807, 2.05) is 0 Å². The highest BCUT2D eigenvalue weighted by Crippen LogP contribution is 2.18. The second-order valence-corrected chi connectivity index (χ2v) is 5.16. The van der Waals surface area contributed by atoms with Crippen LogP contribution >= 0.6 is 0 Å². The third-order valence-electron chi connectivity index (χ3n) is 3.51. The highest BCUT2D eigenvalue weighted by atomic mass is 19.1. The molecular weight excluding hydrogens is 275 g/mol. The Kier molecular flexibility index (Phi) is 5.27. The summed E-state index contributed by atoms with van der Waals surface area (Å²) in [4.78, 5) is 22.7. The summed E-state index contributed by atoms with van der Waals surface area (Å²) in [5.41, 5.74) is 6.07. The molecule has 0 saturated carbocycles. The maximum atomic E-state index is 12.7. The quantitative estimate of drug-likeness (QED) is 0.818. The van der Waals surface area contributed by atoms with E-state index in [1.54, 1.807) is 12.1 Å². The molecule has 1 aliphatic rings. The monoisotopic (exact) mass is 294 g/mol. The minimum atomic E-state index is -0.536. The normalized spacial score (nSPS) is 21.2. The molecule has 1 aliphatic heterocycles. The number of hydrogen-bond donors (Lipinski definition) is 2. The minimum Gasteiger partial charge on any atom is -0.367 e. The van der Waals surface area contributed by atoms with Gasteiger partial charge in [-0.2, -0.15) is 0 Å². The van der Waals surface area contributed by atoms with Crippen LogP contribution in [-0.4, -0.2) is 30.6 Å². The summed E-state index contributed by atoms with van der Waals surface area (Å²) < 4.78 is 18.2. The molecule has 1 aromatic carbocycles. The number of amides is 2. The molecule has 1 heterocycles. The summed E-state index contributed by atoms with van der Waals surface area (Å²) in [7, 11) is 0. The Morgan fingerprint density at radius 1 is 1.29 bits per heavy atom. The molecule has 2 atom stereocenters. The van der Waals surface area contributed by atoms with Crippen LogP contribution in [0.1, 0.15) is 24.8 Å². The van der Waals surface area contributed by atoms with E-state index in [4.69, 9.17) is 10.5 Å². The van der Waals surface area contributed by atoms with E-state index in [0.717, 1.165) is 5.56 Å². The number of ether oxygens (including phenoxy) is 1. The number of nitrogens with one attached hydrogen (secondary N) is 1. The average Bonchev–Trinajstić information content (AvgIpc) is 2.93. The lowest BCUT2D eigenvalue weighted by molar-refractivity contribution is -0.128. The predicted molar refractivity (Wildman–Crippen MR) is 74.8 cm³/mol. The van der Waals surface area contributed by atoms with Gasteiger partial charge in [-0.3, -0.25) is 9.59 Å². The topological polar surface area (TPSA) is 81.4 Å². The third kappa shape index (κ3) is 4.82. The van der Waals surface area contributed by atoms with Crippen molar-refractivity contribution in [3.05, 3.63) is 35.6 Å². The van der Waals surface area contributed by atoms with Crippen molar-refractivity contribution >= 4 is 11.8 Å². The Labute approximate surface area is 122 Å². The van der Waals surface area contributed by atoms with Gasteiger partial charge in [-0.15, -0.1) is 0 Å². The van der Waals surface area contributed by atoms with Crippen molar-refractivity contribution in [3.63, 3.8) is 0 Å². The molecule has 2 amide bonds. The first-order valence-corrected chi connectivity index (χ1v) is 7.00. The number of carbonyl (C=O) groups excluding carboxylic acids is 2.